The van der Waals surface area contributed by atoms with Crippen molar-refractivity contribution in [2.45, 2.75) is 50.9 Å². The Labute approximate surface area is 111 Å². The van der Waals surface area contributed by atoms with Crippen LogP contribution in [0.4, 0.5) is 0 Å². The van der Waals surface area contributed by atoms with Crippen molar-refractivity contribution in [2.24, 2.45) is 0 Å². The molecule has 0 amide bonds. The molecule has 0 radical (unpaired) electrons. The molecule has 2 heterocycles. The Hall–Kier alpha value is -0.160. The van der Waals surface area contributed by atoms with Gasteiger partial charge in [-0.25, -0.2) is 0 Å². The van der Waals surface area contributed by atoms with Crippen LogP contribution in [0.1, 0.15) is 32.6 Å². The molecule has 1 N–H and O–H groups in total. The average Bonchev–Trinajstić information content (AvgIpc) is 2.92. The first-order chi connectivity index (χ1) is 8.79. The maximum Gasteiger partial charge on any atom is 0.0700 e. The summed E-state index contributed by atoms with van der Waals surface area (Å²) in [5.74, 6) is 0. The highest BCUT2D eigenvalue weighted by atomic mass is 16.5. The first-order valence-corrected chi connectivity index (χ1v) is 7.38. The molecule has 0 aromatic heterocycles. The highest BCUT2D eigenvalue weighted by Crippen LogP contribution is 2.15. The number of rotatable bonds is 6. The number of ether oxygens (including phenoxy) is 2. The Morgan fingerprint density at radius 3 is 2.72 bits per heavy atom. The van der Waals surface area contributed by atoms with Crippen molar-refractivity contribution in [3.8, 4) is 0 Å². The number of likely N-dealkylation sites (tertiary alicyclic amines) is 1. The summed E-state index contributed by atoms with van der Waals surface area (Å²) in [6.45, 7) is 7.68. The molecule has 2 unspecified atom stereocenters. The van der Waals surface area contributed by atoms with Crippen molar-refractivity contribution in [1.29, 1.82) is 0 Å². The van der Waals surface area contributed by atoms with E-state index in [9.17, 15) is 0 Å². The molecule has 0 spiro atoms. The monoisotopic (exact) mass is 256 g/mol. The zero-order valence-electron chi connectivity index (χ0n) is 11.9. The Morgan fingerprint density at radius 2 is 2.11 bits per heavy atom. The van der Waals surface area contributed by atoms with Gasteiger partial charge < -0.3 is 14.8 Å². The van der Waals surface area contributed by atoms with Crippen molar-refractivity contribution >= 4 is 0 Å². The van der Waals surface area contributed by atoms with Crippen LogP contribution in [-0.4, -0.2) is 63.0 Å². The van der Waals surface area contributed by atoms with E-state index in [1.165, 1.54) is 38.8 Å². The molecule has 2 fully saturated rings. The van der Waals surface area contributed by atoms with Gasteiger partial charge in [-0.1, -0.05) is 0 Å². The van der Waals surface area contributed by atoms with Gasteiger partial charge in [0.25, 0.3) is 0 Å². The van der Waals surface area contributed by atoms with Gasteiger partial charge in [-0.2, -0.15) is 0 Å². The average molecular weight is 256 g/mol. The molecular weight excluding hydrogens is 228 g/mol. The number of nitrogens with one attached hydrogen (secondary N) is 1. The zero-order chi connectivity index (χ0) is 12.8. The summed E-state index contributed by atoms with van der Waals surface area (Å²) in [5, 5.41) is 3.55. The van der Waals surface area contributed by atoms with Crippen LogP contribution in [-0.2, 0) is 9.47 Å². The van der Waals surface area contributed by atoms with E-state index in [-0.39, 0.29) is 0 Å². The minimum absolute atomic E-state index is 0.455. The molecule has 2 saturated heterocycles. The predicted molar refractivity (Wildman–Crippen MR) is 72.9 cm³/mol. The summed E-state index contributed by atoms with van der Waals surface area (Å²) in [4.78, 5) is 2.57. The molecular formula is C14H28N2O2. The van der Waals surface area contributed by atoms with E-state index in [0.29, 0.717) is 18.2 Å². The SMILES string of the molecule is COC1CCN(C(C)CNCC2CCCO2)CC1. The fourth-order valence-corrected chi connectivity index (χ4v) is 2.94. The predicted octanol–water partition coefficient (Wildman–Crippen LogP) is 1.25. The van der Waals surface area contributed by atoms with E-state index in [4.69, 9.17) is 9.47 Å². The smallest absolute Gasteiger partial charge is 0.0700 e. The largest absolute Gasteiger partial charge is 0.381 e. The van der Waals surface area contributed by atoms with Crippen molar-refractivity contribution in [3.63, 3.8) is 0 Å². The second-order valence-corrected chi connectivity index (χ2v) is 5.61. The summed E-state index contributed by atoms with van der Waals surface area (Å²) in [5.41, 5.74) is 0. The van der Waals surface area contributed by atoms with Gasteiger partial charge in [0.1, 0.15) is 0 Å². The van der Waals surface area contributed by atoms with Crippen LogP contribution in [0.25, 0.3) is 0 Å². The normalized spacial score (nSPS) is 28.7. The minimum Gasteiger partial charge on any atom is -0.381 e. The lowest BCUT2D eigenvalue weighted by Gasteiger charge is -2.35. The van der Waals surface area contributed by atoms with Crippen molar-refractivity contribution < 1.29 is 9.47 Å². The molecule has 18 heavy (non-hydrogen) atoms. The lowest BCUT2D eigenvalue weighted by Crippen LogP contribution is -2.46. The summed E-state index contributed by atoms with van der Waals surface area (Å²) in [6.07, 6.45) is 5.73. The quantitative estimate of drug-likeness (QED) is 0.775. The van der Waals surface area contributed by atoms with Crippen molar-refractivity contribution in [2.75, 3.05) is 39.9 Å². The first-order valence-electron chi connectivity index (χ1n) is 7.38. The van der Waals surface area contributed by atoms with Crippen molar-refractivity contribution in [1.82, 2.24) is 10.2 Å². The Morgan fingerprint density at radius 1 is 1.33 bits per heavy atom. The van der Waals surface area contributed by atoms with Crippen LogP contribution < -0.4 is 5.32 Å². The Bertz CT molecular complexity index is 224. The third kappa shape index (κ3) is 4.19. The molecule has 2 rings (SSSR count). The van der Waals surface area contributed by atoms with E-state index in [1.807, 2.05) is 7.11 Å². The molecule has 0 aliphatic carbocycles. The summed E-state index contributed by atoms with van der Waals surface area (Å²) in [7, 11) is 1.83. The Kier molecular flexibility index (Phi) is 5.89. The van der Waals surface area contributed by atoms with Gasteiger partial charge in [-0.05, 0) is 32.6 Å². The minimum atomic E-state index is 0.455. The van der Waals surface area contributed by atoms with Crippen LogP contribution in [0.3, 0.4) is 0 Å². The molecule has 106 valence electrons. The molecule has 0 bridgehead atoms. The summed E-state index contributed by atoms with van der Waals surface area (Å²) in [6, 6.07) is 0.615. The van der Waals surface area contributed by atoms with Crippen LogP contribution in [0.2, 0.25) is 0 Å². The lowest BCUT2D eigenvalue weighted by molar-refractivity contribution is 0.0291. The number of piperidine rings is 1. The molecule has 2 atom stereocenters. The fraction of sp³-hybridized carbons (Fsp3) is 1.00. The summed E-state index contributed by atoms with van der Waals surface area (Å²) >= 11 is 0. The highest BCUT2D eigenvalue weighted by molar-refractivity contribution is 4.78. The second kappa shape index (κ2) is 7.43. The highest BCUT2D eigenvalue weighted by Gasteiger charge is 2.22. The van der Waals surface area contributed by atoms with E-state index in [0.717, 1.165) is 19.7 Å². The standard InChI is InChI=1S/C14H28N2O2/c1-12(10-15-11-14-4-3-9-18-14)16-7-5-13(17-2)6-8-16/h12-15H,3-11H2,1-2H3. The van der Waals surface area contributed by atoms with Crippen LogP contribution in [0, 0.1) is 0 Å². The van der Waals surface area contributed by atoms with E-state index in [2.05, 4.69) is 17.1 Å². The van der Waals surface area contributed by atoms with Crippen LogP contribution >= 0.6 is 0 Å². The topological polar surface area (TPSA) is 33.7 Å². The maximum atomic E-state index is 5.62. The van der Waals surface area contributed by atoms with Gasteiger partial charge in [0.2, 0.25) is 0 Å². The van der Waals surface area contributed by atoms with Gasteiger partial charge in [-0.15, -0.1) is 0 Å². The molecule has 0 aromatic carbocycles. The third-order valence-corrected chi connectivity index (χ3v) is 4.27. The molecule has 0 saturated carbocycles. The lowest BCUT2D eigenvalue weighted by atomic mass is 10.1. The number of hydrogen-bond acceptors (Lipinski definition) is 4. The maximum absolute atomic E-state index is 5.62. The van der Waals surface area contributed by atoms with Crippen LogP contribution in [0.5, 0.6) is 0 Å². The number of hydrogen-bond donors (Lipinski definition) is 1. The Balaban J connectivity index is 1.58. The molecule has 0 aromatic rings. The van der Waals surface area contributed by atoms with Gasteiger partial charge in [0, 0.05) is 45.9 Å². The number of nitrogens with zero attached hydrogens (tertiary/aromatic N) is 1. The van der Waals surface area contributed by atoms with Gasteiger partial charge in [-0.3, -0.25) is 4.90 Å². The fourth-order valence-electron chi connectivity index (χ4n) is 2.94. The molecule has 4 nitrogen and oxygen atoms in total. The molecule has 2 aliphatic heterocycles. The third-order valence-electron chi connectivity index (χ3n) is 4.27. The van der Waals surface area contributed by atoms with E-state index in [1.54, 1.807) is 0 Å². The van der Waals surface area contributed by atoms with E-state index >= 15 is 0 Å². The zero-order valence-corrected chi connectivity index (χ0v) is 11.9. The second-order valence-electron chi connectivity index (χ2n) is 5.61. The molecule has 2 aliphatic rings. The van der Waals surface area contributed by atoms with Gasteiger partial charge in [0.15, 0.2) is 0 Å². The molecule has 4 heteroatoms. The van der Waals surface area contributed by atoms with Crippen molar-refractivity contribution in [3.05, 3.63) is 0 Å². The first kappa shape index (κ1) is 14.3. The number of methoxy groups -OCH3 is 1. The van der Waals surface area contributed by atoms with Gasteiger partial charge in [0.05, 0.1) is 12.2 Å². The van der Waals surface area contributed by atoms with E-state index < -0.39 is 0 Å². The van der Waals surface area contributed by atoms with Crippen LogP contribution in [0.15, 0.2) is 0 Å². The summed E-state index contributed by atoms with van der Waals surface area (Å²) < 4.78 is 11.0. The van der Waals surface area contributed by atoms with Gasteiger partial charge >= 0.3 is 0 Å².